The molecule has 128 valence electrons. The van der Waals surface area contributed by atoms with Gasteiger partial charge in [-0.25, -0.2) is 4.98 Å². The fourth-order valence-electron chi connectivity index (χ4n) is 2.71. The average Bonchev–Trinajstić information content (AvgIpc) is 3.06. The summed E-state index contributed by atoms with van der Waals surface area (Å²) < 4.78 is 1.74. The molecule has 0 saturated heterocycles. The third kappa shape index (κ3) is 3.10. The Morgan fingerprint density at radius 1 is 1.04 bits per heavy atom. The summed E-state index contributed by atoms with van der Waals surface area (Å²) in [5.41, 5.74) is 1.82. The van der Waals surface area contributed by atoms with Crippen LogP contribution in [-0.2, 0) is 6.54 Å². The van der Waals surface area contributed by atoms with Crippen molar-refractivity contribution in [2.45, 2.75) is 6.54 Å². The molecule has 0 aliphatic heterocycles. The van der Waals surface area contributed by atoms with E-state index in [1.165, 1.54) is 0 Å². The van der Waals surface area contributed by atoms with E-state index in [0.717, 1.165) is 5.56 Å². The van der Waals surface area contributed by atoms with E-state index in [4.69, 9.17) is 0 Å². The van der Waals surface area contributed by atoms with Crippen molar-refractivity contribution >= 4 is 23.0 Å². The van der Waals surface area contributed by atoms with Gasteiger partial charge in [0.15, 0.2) is 11.2 Å². The summed E-state index contributed by atoms with van der Waals surface area (Å²) in [5.74, 6) is -0.280. The number of fused-ring (bicyclic) bond motifs is 1. The van der Waals surface area contributed by atoms with Crippen molar-refractivity contribution in [3.05, 3.63) is 88.5 Å². The third-order valence-corrected chi connectivity index (χ3v) is 3.95. The number of anilines is 1. The van der Waals surface area contributed by atoms with Crippen molar-refractivity contribution in [2.24, 2.45) is 0 Å². The average molecular weight is 345 g/mol. The Kier molecular flexibility index (Phi) is 4.03. The van der Waals surface area contributed by atoms with Crippen molar-refractivity contribution in [2.75, 3.05) is 5.32 Å². The van der Waals surface area contributed by atoms with Gasteiger partial charge in [-0.3, -0.25) is 19.9 Å². The number of aromatic nitrogens is 4. The Morgan fingerprint density at radius 3 is 2.46 bits per heavy atom. The monoisotopic (exact) mass is 345 g/mol. The lowest BCUT2D eigenvalue weighted by molar-refractivity contribution is 0.102. The summed E-state index contributed by atoms with van der Waals surface area (Å²) in [7, 11) is 0. The molecule has 26 heavy (non-hydrogen) atoms. The molecular weight excluding hydrogens is 330 g/mol. The minimum Gasteiger partial charge on any atom is -0.320 e. The van der Waals surface area contributed by atoms with E-state index in [9.17, 15) is 9.59 Å². The Balaban J connectivity index is 1.64. The predicted molar refractivity (Wildman–Crippen MR) is 98.1 cm³/mol. The second-order valence-electron chi connectivity index (χ2n) is 5.76. The first-order valence-corrected chi connectivity index (χ1v) is 8.06. The summed E-state index contributed by atoms with van der Waals surface area (Å²) in [4.78, 5) is 35.7. The highest BCUT2D eigenvalue weighted by molar-refractivity contribution is 6.03. The molecule has 0 aliphatic carbocycles. The van der Waals surface area contributed by atoms with Gasteiger partial charge in [0, 0.05) is 12.1 Å². The van der Waals surface area contributed by atoms with Gasteiger partial charge in [-0.2, -0.15) is 4.98 Å². The van der Waals surface area contributed by atoms with E-state index in [1.54, 1.807) is 35.2 Å². The summed E-state index contributed by atoms with van der Waals surface area (Å²) >= 11 is 0. The Bertz CT molecular complexity index is 1120. The van der Waals surface area contributed by atoms with E-state index in [2.05, 4.69) is 20.3 Å². The van der Waals surface area contributed by atoms with Crippen LogP contribution in [0.15, 0.2) is 71.8 Å². The van der Waals surface area contributed by atoms with Crippen LogP contribution in [-0.4, -0.2) is 25.4 Å². The smallest absolute Gasteiger partial charge is 0.278 e. The Morgan fingerprint density at radius 2 is 1.73 bits per heavy atom. The van der Waals surface area contributed by atoms with Crippen molar-refractivity contribution in [1.82, 2.24) is 19.5 Å². The van der Waals surface area contributed by atoms with E-state index >= 15 is 0 Å². The molecule has 0 aliphatic rings. The number of carbonyl (C=O) groups is 1. The second kappa shape index (κ2) is 6.64. The van der Waals surface area contributed by atoms with Gasteiger partial charge in [0.2, 0.25) is 5.95 Å². The molecule has 0 fully saturated rings. The molecule has 0 radical (unpaired) electrons. The first kappa shape index (κ1) is 15.8. The number of aromatic amines is 1. The molecule has 0 atom stereocenters. The lowest BCUT2D eigenvalue weighted by atomic mass is 10.2. The third-order valence-electron chi connectivity index (χ3n) is 3.95. The maximum absolute atomic E-state index is 12.5. The van der Waals surface area contributed by atoms with E-state index in [-0.39, 0.29) is 23.1 Å². The van der Waals surface area contributed by atoms with Gasteiger partial charge in [0.25, 0.3) is 11.5 Å². The fourth-order valence-corrected chi connectivity index (χ4v) is 2.71. The van der Waals surface area contributed by atoms with E-state index in [1.807, 2.05) is 36.4 Å². The first-order chi connectivity index (χ1) is 12.7. The van der Waals surface area contributed by atoms with Crippen molar-refractivity contribution in [3.63, 3.8) is 0 Å². The van der Waals surface area contributed by atoms with Gasteiger partial charge in [0.05, 0.1) is 6.33 Å². The lowest BCUT2D eigenvalue weighted by Gasteiger charge is -2.06. The molecule has 0 saturated carbocycles. The zero-order valence-electron chi connectivity index (χ0n) is 13.7. The summed E-state index contributed by atoms with van der Waals surface area (Å²) in [6, 6.07) is 18.5. The molecule has 2 heterocycles. The fraction of sp³-hybridized carbons (Fsp3) is 0.0526. The van der Waals surface area contributed by atoms with Gasteiger partial charge in [-0.15, -0.1) is 0 Å². The van der Waals surface area contributed by atoms with Gasteiger partial charge in [-0.1, -0.05) is 48.5 Å². The zero-order chi connectivity index (χ0) is 17.9. The molecule has 0 spiro atoms. The number of hydrogen-bond donors (Lipinski definition) is 2. The first-order valence-electron chi connectivity index (χ1n) is 8.06. The minimum atomic E-state index is -0.355. The highest BCUT2D eigenvalue weighted by Gasteiger charge is 2.13. The zero-order valence-corrected chi connectivity index (χ0v) is 13.7. The van der Waals surface area contributed by atoms with Gasteiger partial charge >= 0.3 is 0 Å². The maximum Gasteiger partial charge on any atom is 0.278 e. The quantitative estimate of drug-likeness (QED) is 0.594. The summed E-state index contributed by atoms with van der Waals surface area (Å²) in [6.45, 7) is 0.512. The topological polar surface area (TPSA) is 92.7 Å². The molecule has 0 bridgehead atoms. The molecule has 4 rings (SSSR count). The number of nitrogens with zero attached hydrogens (tertiary/aromatic N) is 3. The predicted octanol–water partition coefficient (Wildman–Crippen LogP) is 2.42. The van der Waals surface area contributed by atoms with Gasteiger partial charge in [-0.05, 0) is 17.7 Å². The molecular formula is C19H15N5O2. The van der Waals surface area contributed by atoms with Crippen LogP contribution in [0.5, 0.6) is 0 Å². The van der Waals surface area contributed by atoms with Crippen LogP contribution in [0.2, 0.25) is 0 Å². The van der Waals surface area contributed by atoms with Crippen LogP contribution in [0, 0.1) is 0 Å². The van der Waals surface area contributed by atoms with Gasteiger partial charge in [0.1, 0.15) is 0 Å². The van der Waals surface area contributed by atoms with Crippen molar-refractivity contribution in [1.29, 1.82) is 0 Å². The number of nitrogens with one attached hydrogen (secondary N) is 2. The van der Waals surface area contributed by atoms with Crippen LogP contribution in [0.1, 0.15) is 15.9 Å². The minimum absolute atomic E-state index is 0.0707. The maximum atomic E-state index is 12.5. The molecule has 1 amide bonds. The van der Waals surface area contributed by atoms with Crippen LogP contribution in [0.25, 0.3) is 11.2 Å². The van der Waals surface area contributed by atoms with Crippen LogP contribution < -0.4 is 10.9 Å². The number of carbonyl (C=O) groups excluding carboxylic acids is 1. The molecule has 2 aromatic heterocycles. The second-order valence-corrected chi connectivity index (χ2v) is 5.76. The molecule has 0 unspecified atom stereocenters. The SMILES string of the molecule is O=C(Nc1nc2ncn(Cc3ccccc3)c2c(=O)[nH]1)c1ccccc1. The summed E-state index contributed by atoms with van der Waals surface area (Å²) in [5, 5.41) is 2.60. The number of imidazole rings is 1. The van der Waals surface area contributed by atoms with E-state index < -0.39 is 0 Å². The Hall–Kier alpha value is -3.74. The molecule has 2 aromatic carbocycles. The molecule has 7 heteroatoms. The van der Waals surface area contributed by atoms with Gasteiger partial charge < -0.3 is 4.57 Å². The van der Waals surface area contributed by atoms with Crippen LogP contribution in [0.4, 0.5) is 5.95 Å². The molecule has 4 aromatic rings. The molecule has 2 N–H and O–H groups in total. The van der Waals surface area contributed by atoms with E-state index in [0.29, 0.717) is 17.6 Å². The highest BCUT2D eigenvalue weighted by Crippen LogP contribution is 2.11. The lowest BCUT2D eigenvalue weighted by Crippen LogP contribution is -2.19. The number of hydrogen-bond acceptors (Lipinski definition) is 4. The molecule has 7 nitrogen and oxygen atoms in total. The largest absolute Gasteiger partial charge is 0.320 e. The van der Waals surface area contributed by atoms with Crippen LogP contribution in [0.3, 0.4) is 0 Å². The Labute approximate surface area is 148 Å². The number of H-pyrrole nitrogens is 1. The summed E-state index contributed by atoms with van der Waals surface area (Å²) in [6.07, 6.45) is 1.57. The van der Waals surface area contributed by atoms with Crippen molar-refractivity contribution < 1.29 is 4.79 Å². The van der Waals surface area contributed by atoms with Crippen molar-refractivity contribution in [3.8, 4) is 0 Å². The number of rotatable bonds is 4. The number of benzene rings is 2. The highest BCUT2D eigenvalue weighted by atomic mass is 16.2. The van der Waals surface area contributed by atoms with Crippen LogP contribution >= 0.6 is 0 Å². The normalized spacial score (nSPS) is 10.8. The standard InChI is InChI=1S/C19H15N5O2/c25-17(14-9-5-2-6-10-14)22-19-21-16-15(18(26)23-19)24(12-20-16)11-13-7-3-1-4-8-13/h1-10,12H,11H2,(H2,21,22,23,25,26). The number of amides is 1.